The van der Waals surface area contributed by atoms with Gasteiger partial charge in [0.05, 0.1) is 12.8 Å². The third kappa shape index (κ3) is 3.90. The van der Waals surface area contributed by atoms with Crippen LogP contribution in [0.25, 0.3) is 0 Å². The van der Waals surface area contributed by atoms with E-state index in [1.54, 1.807) is 13.3 Å². The average Bonchev–Trinajstić information content (AvgIpc) is 2.71. The number of nitrogens with zero attached hydrogens (tertiary/aromatic N) is 2. The Bertz CT molecular complexity index is 775. The van der Waals surface area contributed by atoms with E-state index in [0.29, 0.717) is 23.4 Å². The van der Waals surface area contributed by atoms with Gasteiger partial charge < -0.3 is 15.4 Å². The summed E-state index contributed by atoms with van der Waals surface area (Å²) in [6.45, 7) is 2.23. The third-order valence-electron chi connectivity index (χ3n) is 5.79. The molecule has 0 saturated carbocycles. The fourth-order valence-corrected chi connectivity index (χ4v) is 4.44. The highest BCUT2D eigenvalue weighted by Gasteiger charge is 2.42. The summed E-state index contributed by atoms with van der Waals surface area (Å²) in [6.07, 6.45) is 6.92. The molecule has 0 spiro atoms. The molecule has 1 aromatic carbocycles. The van der Waals surface area contributed by atoms with Crippen LogP contribution in [0.15, 0.2) is 48.8 Å². The zero-order valence-electron chi connectivity index (χ0n) is 15.6. The number of carbonyl (C=O) groups excluding carboxylic acids is 1. The van der Waals surface area contributed by atoms with Crippen LogP contribution in [0, 0.1) is 5.92 Å². The summed E-state index contributed by atoms with van der Waals surface area (Å²) in [7, 11) is 1.61. The highest BCUT2D eigenvalue weighted by atomic mass is 16.5. The number of anilines is 1. The lowest BCUT2D eigenvalue weighted by Crippen LogP contribution is -2.64. The highest BCUT2D eigenvalue weighted by molar-refractivity contribution is 5.91. The van der Waals surface area contributed by atoms with E-state index >= 15 is 0 Å². The van der Waals surface area contributed by atoms with Crippen LogP contribution in [0.1, 0.15) is 18.4 Å². The molecule has 3 saturated heterocycles. The number of nitrogens with one attached hydrogen (secondary N) is 2. The molecule has 2 amide bonds. The van der Waals surface area contributed by atoms with Gasteiger partial charge in [-0.1, -0.05) is 18.2 Å². The van der Waals surface area contributed by atoms with E-state index in [4.69, 9.17) is 4.74 Å². The number of para-hydroxylation sites is 2. The molecule has 6 nitrogen and oxygen atoms in total. The minimum atomic E-state index is -0.172. The topological polar surface area (TPSA) is 66.5 Å². The molecule has 2 bridgehead atoms. The number of carbonyl (C=O) groups is 1. The monoisotopic (exact) mass is 366 g/mol. The Balaban J connectivity index is 1.47. The summed E-state index contributed by atoms with van der Waals surface area (Å²) in [5.41, 5.74) is 1.90. The van der Waals surface area contributed by atoms with Crippen molar-refractivity contribution in [2.24, 2.45) is 5.92 Å². The lowest BCUT2D eigenvalue weighted by molar-refractivity contribution is 0.0184. The predicted octanol–water partition coefficient (Wildman–Crippen LogP) is 2.92. The summed E-state index contributed by atoms with van der Waals surface area (Å²) in [6, 6.07) is 11.8. The second-order valence-electron chi connectivity index (χ2n) is 7.33. The smallest absolute Gasteiger partial charge is 0.319 e. The molecule has 0 aliphatic carbocycles. The van der Waals surface area contributed by atoms with E-state index < -0.39 is 0 Å². The summed E-state index contributed by atoms with van der Waals surface area (Å²) < 4.78 is 5.33. The van der Waals surface area contributed by atoms with Gasteiger partial charge in [-0.3, -0.25) is 9.88 Å². The SMILES string of the molecule is COc1ccccc1NC(=O)NC1C2CCN(CC2)C1Cc1cccnc1. The normalized spacial score (nSPS) is 26.4. The molecule has 142 valence electrons. The largest absolute Gasteiger partial charge is 0.495 e. The lowest BCUT2D eigenvalue weighted by Gasteiger charge is -2.51. The van der Waals surface area contributed by atoms with Gasteiger partial charge in [0, 0.05) is 24.5 Å². The van der Waals surface area contributed by atoms with Gasteiger partial charge in [-0.05, 0) is 62.0 Å². The van der Waals surface area contributed by atoms with E-state index in [0.717, 1.165) is 32.4 Å². The molecular formula is C21H26N4O2. The standard InChI is InChI=1S/C21H26N4O2/c1-27-19-7-3-2-6-17(19)23-21(26)24-20-16-8-11-25(12-9-16)18(20)13-15-5-4-10-22-14-15/h2-7,10,14,16,18,20H,8-9,11-13H2,1H3,(H2,23,24,26). The molecule has 2 aromatic rings. The fourth-order valence-electron chi connectivity index (χ4n) is 4.44. The van der Waals surface area contributed by atoms with E-state index in [2.05, 4.69) is 26.6 Å². The Morgan fingerprint density at radius 1 is 1.22 bits per heavy atom. The number of fused-ring (bicyclic) bond motifs is 3. The number of hydrogen-bond acceptors (Lipinski definition) is 4. The van der Waals surface area contributed by atoms with Gasteiger partial charge in [-0.15, -0.1) is 0 Å². The van der Waals surface area contributed by atoms with Gasteiger partial charge in [0.25, 0.3) is 0 Å². The van der Waals surface area contributed by atoms with Crippen LogP contribution in [0.4, 0.5) is 10.5 Å². The van der Waals surface area contributed by atoms with Crippen molar-refractivity contribution < 1.29 is 9.53 Å². The molecule has 0 radical (unpaired) electrons. The van der Waals surface area contributed by atoms with Crippen LogP contribution in [0.3, 0.4) is 0 Å². The lowest BCUT2D eigenvalue weighted by atomic mass is 9.77. The van der Waals surface area contributed by atoms with Gasteiger partial charge in [0.1, 0.15) is 5.75 Å². The van der Waals surface area contributed by atoms with Gasteiger partial charge >= 0.3 is 6.03 Å². The molecule has 2 N–H and O–H groups in total. The Labute approximate surface area is 159 Å². The molecule has 27 heavy (non-hydrogen) atoms. The van der Waals surface area contributed by atoms with Crippen LogP contribution in [0.2, 0.25) is 0 Å². The van der Waals surface area contributed by atoms with Crippen LogP contribution in [-0.2, 0) is 6.42 Å². The van der Waals surface area contributed by atoms with Crippen molar-refractivity contribution in [3.8, 4) is 5.75 Å². The minimum absolute atomic E-state index is 0.141. The molecule has 2 atom stereocenters. The van der Waals surface area contributed by atoms with Crippen molar-refractivity contribution >= 4 is 11.7 Å². The van der Waals surface area contributed by atoms with Crippen molar-refractivity contribution in [2.75, 3.05) is 25.5 Å². The van der Waals surface area contributed by atoms with Crippen LogP contribution < -0.4 is 15.4 Å². The summed E-state index contributed by atoms with van der Waals surface area (Å²) in [5, 5.41) is 6.20. The zero-order valence-corrected chi connectivity index (χ0v) is 15.6. The van der Waals surface area contributed by atoms with Crippen LogP contribution >= 0.6 is 0 Å². The van der Waals surface area contributed by atoms with Crippen molar-refractivity contribution in [2.45, 2.75) is 31.3 Å². The first-order chi connectivity index (χ1) is 13.2. The van der Waals surface area contributed by atoms with Crippen LogP contribution in [0.5, 0.6) is 5.75 Å². The summed E-state index contributed by atoms with van der Waals surface area (Å²) >= 11 is 0. The first kappa shape index (κ1) is 17.8. The molecule has 6 heteroatoms. The molecule has 3 aliphatic rings. The second-order valence-corrected chi connectivity index (χ2v) is 7.33. The number of benzene rings is 1. The number of aromatic nitrogens is 1. The van der Waals surface area contributed by atoms with E-state index in [9.17, 15) is 4.79 Å². The van der Waals surface area contributed by atoms with E-state index in [-0.39, 0.29) is 12.1 Å². The number of urea groups is 1. The van der Waals surface area contributed by atoms with Gasteiger partial charge in [-0.25, -0.2) is 4.79 Å². The van der Waals surface area contributed by atoms with E-state index in [1.807, 2.05) is 36.5 Å². The highest BCUT2D eigenvalue weighted by Crippen LogP contribution is 2.34. The van der Waals surface area contributed by atoms with Crippen molar-refractivity contribution in [1.82, 2.24) is 15.2 Å². The number of hydrogen-bond donors (Lipinski definition) is 2. The number of rotatable bonds is 5. The number of piperidine rings is 3. The molecule has 1 aromatic heterocycles. The van der Waals surface area contributed by atoms with Crippen molar-refractivity contribution in [1.29, 1.82) is 0 Å². The second kappa shape index (κ2) is 7.96. The quantitative estimate of drug-likeness (QED) is 0.854. The maximum atomic E-state index is 12.7. The Hall–Kier alpha value is -2.60. The van der Waals surface area contributed by atoms with Crippen molar-refractivity contribution in [3.63, 3.8) is 0 Å². The molecular weight excluding hydrogens is 340 g/mol. The zero-order chi connectivity index (χ0) is 18.6. The van der Waals surface area contributed by atoms with Gasteiger partial charge in [-0.2, -0.15) is 0 Å². The Kier molecular flexibility index (Phi) is 5.25. The first-order valence-electron chi connectivity index (χ1n) is 9.58. The average molecular weight is 366 g/mol. The number of pyridine rings is 1. The fraction of sp³-hybridized carbons (Fsp3) is 0.429. The summed E-state index contributed by atoms with van der Waals surface area (Å²) in [4.78, 5) is 19.5. The first-order valence-corrected chi connectivity index (χ1v) is 9.58. The molecule has 3 aliphatic heterocycles. The molecule has 2 unspecified atom stereocenters. The molecule has 4 heterocycles. The Morgan fingerprint density at radius 2 is 2.04 bits per heavy atom. The molecule has 3 fully saturated rings. The van der Waals surface area contributed by atoms with Crippen LogP contribution in [-0.4, -0.2) is 48.2 Å². The van der Waals surface area contributed by atoms with E-state index in [1.165, 1.54) is 5.56 Å². The molecule has 5 rings (SSSR count). The number of ether oxygens (including phenoxy) is 1. The minimum Gasteiger partial charge on any atom is -0.495 e. The Morgan fingerprint density at radius 3 is 2.78 bits per heavy atom. The predicted molar refractivity (Wildman–Crippen MR) is 105 cm³/mol. The van der Waals surface area contributed by atoms with Gasteiger partial charge in [0.15, 0.2) is 0 Å². The number of amides is 2. The van der Waals surface area contributed by atoms with Crippen molar-refractivity contribution in [3.05, 3.63) is 54.4 Å². The number of methoxy groups -OCH3 is 1. The maximum absolute atomic E-state index is 12.7. The maximum Gasteiger partial charge on any atom is 0.319 e. The third-order valence-corrected chi connectivity index (χ3v) is 5.79. The van der Waals surface area contributed by atoms with Gasteiger partial charge in [0.2, 0.25) is 0 Å². The summed E-state index contributed by atoms with van der Waals surface area (Å²) in [5.74, 6) is 1.19.